The predicted molar refractivity (Wildman–Crippen MR) is 92.9 cm³/mol. The molecule has 2 aromatic carbocycles. The van der Waals surface area contributed by atoms with E-state index >= 15 is 0 Å². The van der Waals surface area contributed by atoms with Gasteiger partial charge in [-0.05, 0) is 73.5 Å². The fraction of sp³-hybridized carbons (Fsp3) is 0.368. The second-order valence-corrected chi connectivity index (χ2v) is 6.86. The highest BCUT2D eigenvalue weighted by atomic mass is 79.9. The van der Waals surface area contributed by atoms with Crippen LogP contribution in [0, 0.1) is 6.92 Å². The van der Waals surface area contributed by atoms with Gasteiger partial charge < -0.3 is 5.32 Å². The van der Waals surface area contributed by atoms with Gasteiger partial charge in [0.05, 0.1) is 0 Å². The summed E-state index contributed by atoms with van der Waals surface area (Å²) in [7, 11) is 2.05. The first kappa shape index (κ1) is 14.8. The number of hydrogen-bond acceptors (Lipinski definition) is 1. The van der Waals surface area contributed by atoms with Crippen molar-refractivity contribution in [2.24, 2.45) is 0 Å². The number of aryl methyl sites for hydroxylation is 3. The molecule has 0 saturated carbocycles. The van der Waals surface area contributed by atoms with Crippen molar-refractivity contribution in [3.8, 4) is 0 Å². The Kier molecular flexibility index (Phi) is 4.46. The molecule has 0 fully saturated rings. The number of hydrogen-bond donors (Lipinski definition) is 1. The molecule has 0 aliphatic heterocycles. The maximum atomic E-state index is 3.64. The van der Waals surface area contributed by atoms with Crippen molar-refractivity contribution in [2.75, 3.05) is 7.05 Å². The number of likely N-dealkylation sites (N-methyl/N-ethyl adjacent to an activating group) is 1. The molecular formula is C19H22BrN. The summed E-state index contributed by atoms with van der Waals surface area (Å²) in [6, 6.07) is 14.1. The standard InChI is InChI=1S/C19H22BrN/c1-13-6-8-17(12-18(13)20)19(21-2)11-14-7-9-15-4-3-5-16(15)10-14/h6-10,12,19,21H,3-5,11H2,1-2H3. The highest BCUT2D eigenvalue weighted by molar-refractivity contribution is 9.10. The maximum absolute atomic E-state index is 3.64. The second kappa shape index (κ2) is 6.33. The molecule has 1 unspecified atom stereocenters. The first-order valence-corrected chi connectivity index (χ1v) is 8.50. The third kappa shape index (κ3) is 3.22. The average molecular weight is 344 g/mol. The monoisotopic (exact) mass is 343 g/mol. The van der Waals surface area contributed by atoms with Gasteiger partial charge in [-0.2, -0.15) is 0 Å². The van der Waals surface area contributed by atoms with E-state index in [1.54, 1.807) is 11.1 Å². The van der Waals surface area contributed by atoms with E-state index < -0.39 is 0 Å². The lowest BCUT2D eigenvalue weighted by Gasteiger charge is -2.18. The van der Waals surface area contributed by atoms with Gasteiger partial charge in [-0.25, -0.2) is 0 Å². The SMILES string of the molecule is CNC(Cc1ccc2c(c1)CCC2)c1ccc(C)c(Br)c1. The summed E-state index contributed by atoms with van der Waals surface area (Å²) >= 11 is 3.64. The molecule has 110 valence electrons. The Bertz CT molecular complexity index is 648. The Morgan fingerprint density at radius 3 is 2.67 bits per heavy atom. The molecule has 1 aliphatic rings. The van der Waals surface area contributed by atoms with E-state index in [0.717, 1.165) is 6.42 Å². The lowest BCUT2D eigenvalue weighted by molar-refractivity contribution is 0.591. The van der Waals surface area contributed by atoms with Gasteiger partial charge in [-0.1, -0.05) is 46.3 Å². The van der Waals surface area contributed by atoms with E-state index in [4.69, 9.17) is 0 Å². The molecule has 0 heterocycles. The van der Waals surface area contributed by atoms with Crippen molar-refractivity contribution in [2.45, 2.75) is 38.6 Å². The fourth-order valence-corrected chi connectivity index (χ4v) is 3.60. The van der Waals surface area contributed by atoms with E-state index in [2.05, 4.69) is 64.6 Å². The van der Waals surface area contributed by atoms with Gasteiger partial charge in [0, 0.05) is 10.5 Å². The molecule has 0 saturated heterocycles. The molecule has 1 aliphatic carbocycles. The summed E-state index contributed by atoms with van der Waals surface area (Å²) in [5, 5.41) is 3.46. The molecule has 0 amide bonds. The van der Waals surface area contributed by atoms with Crippen molar-refractivity contribution in [1.29, 1.82) is 0 Å². The van der Waals surface area contributed by atoms with E-state index in [0.29, 0.717) is 6.04 Å². The Morgan fingerprint density at radius 2 is 1.90 bits per heavy atom. The van der Waals surface area contributed by atoms with Gasteiger partial charge in [-0.15, -0.1) is 0 Å². The number of nitrogens with one attached hydrogen (secondary N) is 1. The Morgan fingerprint density at radius 1 is 1.10 bits per heavy atom. The second-order valence-electron chi connectivity index (χ2n) is 6.01. The average Bonchev–Trinajstić information content (AvgIpc) is 2.95. The van der Waals surface area contributed by atoms with Gasteiger partial charge in [-0.3, -0.25) is 0 Å². The number of halogens is 1. The molecule has 3 rings (SSSR count). The largest absolute Gasteiger partial charge is 0.313 e. The van der Waals surface area contributed by atoms with Crippen LogP contribution in [0.3, 0.4) is 0 Å². The number of rotatable bonds is 4. The summed E-state index contributed by atoms with van der Waals surface area (Å²) < 4.78 is 1.19. The van der Waals surface area contributed by atoms with Crippen molar-refractivity contribution in [3.63, 3.8) is 0 Å². The van der Waals surface area contributed by atoms with Crippen LogP contribution in [0.2, 0.25) is 0 Å². The summed E-state index contributed by atoms with van der Waals surface area (Å²) in [6.45, 7) is 2.13. The van der Waals surface area contributed by atoms with Crippen LogP contribution < -0.4 is 5.32 Å². The Hall–Kier alpha value is -1.12. The summed E-state index contributed by atoms with van der Waals surface area (Å²) in [4.78, 5) is 0. The quantitative estimate of drug-likeness (QED) is 0.844. The third-order valence-corrected chi connectivity index (χ3v) is 5.40. The van der Waals surface area contributed by atoms with Crippen LogP contribution in [-0.2, 0) is 19.3 Å². The molecular weight excluding hydrogens is 322 g/mol. The first-order valence-electron chi connectivity index (χ1n) is 7.71. The highest BCUT2D eigenvalue weighted by Gasteiger charge is 2.14. The summed E-state index contributed by atoms with van der Waals surface area (Å²) in [6.07, 6.45) is 4.87. The zero-order valence-corrected chi connectivity index (χ0v) is 14.3. The molecule has 0 spiro atoms. The van der Waals surface area contributed by atoms with Crippen LogP contribution >= 0.6 is 15.9 Å². The van der Waals surface area contributed by atoms with Crippen LogP contribution in [0.25, 0.3) is 0 Å². The predicted octanol–water partition coefficient (Wildman–Crippen LogP) is 4.75. The summed E-state index contributed by atoms with van der Waals surface area (Å²) in [5.41, 5.74) is 7.18. The van der Waals surface area contributed by atoms with Crippen LogP contribution in [0.5, 0.6) is 0 Å². The molecule has 2 heteroatoms. The third-order valence-electron chi connectivity index (χ3n) is 4.55. The van der Waals surface area contributed by atoms with Crippen molar-refractivity contribution < 1.29 is 0 Å². The van der Waals surface area contributed by atoms with E-state index in [1.165, 1.54) is 40.4 Å². The fourth-order valence-electron chi connectivity index (χ4n) is 3.20. The lowest BCUT2D eigenvalue weighted by atomic mass is 9.96. The Labute approximate surface area is 135 Å². The molecule has 1 atom stereocenters. The smallest absolute Gasteiger partial charge is 0.0358 e. The van der Waals surface area contributed by atoms with Crippen LogP contribution in [-0.4, -0.2) is 7.05 Å². The van der Waals surface area contributed by atoms with Gasteiger partial charge in [0.15, 0.2) is 0 Å². The normalized spacial score (nSPS) is 15.0. The zero-order valence-electron chi connectivity index (χ0n) is 12.7. The van der Waals surface area contributed by atoms with Gasteiger partial charge in [0.2, 0.25) is 0 Å². The van der Waals surface area contributed by atoms with Gasteiger partial charge >= 0.3 is 0 Å². The minimum Gasteiger partial charge on any atom is -0.313 e. The number of fused-ring (bicyclic) bond motifs is 1. The molecule has 0 bridgehead atoms. The highest BCUT2D eigenvalue weighted by Crippen LogP contribution is 2.27. The minimum absolute atomic E-state index is 0.362. The molecule has 2 aromatic rings. The van der Waals surface area contributed by atoms with Gasteiger partial charge in [0.1, 0.15) is 0 Å². The van der Waals surface area contributed by atoms with Gasteiger partial charge in [0.25, 0.3) is 0 Å². The Balaban J connectivity index is 1.82. The maximum Gasteiger partial charge on any atom is 0.0358 e. The van der Waals surface area contributed by atoms with Crippen LogP contribution in [0.1, 0.15) is 40.3 Å². The molecule has 21 heavy (non-hydrogen) atoms. The zero-order chi connectivity index (χ0) is 14.8. The van der Waals surface area contributed by atoms with E-state index in [-0.39, 0.29) is 0 Å². The first-order chi connectivity index (χ1) is 10.2. The van der Waals surface area contributed by atoms with Crippen molar-refractivity contribution in [1.82, 2.24) is 5.32 Å². The minimum atomic E-state index is 0.362. The molecule has 1 nitrogen and oxygen atoms in total. The summed E-state index contributed by atoms with van der Waals surface area (Å²) in [5.74, 6) is 0. The molecule has 0 radical (unpaired) electrons. The van der Waals surface area contributed by atoms with Crippen molar-refractivity contribution in [3.05, 3.63) is 68.7 Å². The topological polar surface area (TPSA) is 12.0 Å². The lowest BCUT2D eigenvalue weighted by Crippen LogP contribution is -2.19. The van der Waals surface area contributed by atoms with Crippen molar-refractivity contribution >= 4 is 15.9 Å². The number of benzene rings is 2. The molecule has 0 aromatic heterocycles. The van der Waals surface area contributed by atoms with E-state index in [1.807, 2.05) is 7.05 Å². The van der Waals surface area contributed by atoms with Crippen LogP contribution in [0.4, 0.5) is 0 Å². The molecule has 1 N–H and O–H groups in total. The van der Waals surface area contributed by atoms with Crippen LogP contribution in [0.15, 0.2) is 40.9 Å². The van der Waals surface area contributed by atoms with E-state index in [9.17, 15) is 0 Å².